The average Bonchev–Trinajstić information content (AvgIpc) is 2.51. The van der Waals surface area contributed by atoms with Crippen molar-refractivity contribution in [1.82, 2.24) is 0 Å². The number of unbranched alkanes of at least 4 members (excludes halogenated alkanes) is 13. The number of carbonyl (C=O) groups excluding carboxylic acids is 1. The van der Waals surface area contributed by atoms with Gasteiger partial charge < -0.3 is 16.3 Å². The molecule has 0 heterocycles. The van der Waals surface area contributed by atoms with Crippen LogP contribution in [-0.4, -0.2) is 23.1 Å². The number of hydrogen-bond acceptors (Lipinski definition) is 2. The SMILES string of the molecule is CCCCCCCCCCCCCCCCC(CO)C(N)=O.O. The Morgan fingerprint density at radius 1 is 0.783 bits per heavy atom. The maximum atomic E-state index is 11.0. The highest BCUT2D eigenvalue weighted by Gasteiger charge is 2.12. The number of hydrogen-bond donors (Lipinski definition) is 2. The molecule has 140 valence electrons. The van der Waals surface area contributed by atoms with E-state index in [1.807, 2.05) is 0 Å². The fraction of sp³-hybridized carbons (Fsp3) is 0.947. The third-order valence-corrected chi connectivity index (χ3v) is 4.53. The highest BCUT2D eigenvalue weighted by atomic mass is 16.3. The van der Waals surface area contributed by atoms with E-state index in [2.05, 4.69) is 6.92 Å². The van der Waals surface area contributed by atoms with Crippen LogP contribution in [0.15, 0.2) is 0 Å². The molecule has 0 saturated carbocycles. The van der Waals surface area contributed by atoms with Gasteiger partial charge in [-0.2, -0.15) is 0 Å². The first-order valence-corrected chi connectivity index (χ1v) is 9.62. The molecule has 4 heteroatoms. The lowest BCUT2D eigenvalue weighted by atomic mass is 10.00. The van der Waals surface area contributed by atoms with Gasteiger partial charge in [-0.05, 0) is 6.42 Å². The van der Waals surface area contributed by atoms with Gasteiger partial charge in [-0.3, -0.25) is 4.79 Å². The fourth-order valence-corrected chi connectivity index (χ4v) is 2.91. The van der Waals surface area contributed by atoms with Crippen molar-refractivity contribution >= 4 is 5.91 Å². The van der Waals surface area contributed by atoms with E-state index in [0.29, 0.717) is 0 Å². The molecule has 0 rings (SSSR count). The summed E-state index contributed by atoms with van der Waals surface area (Å²) in [6, 6.07) is 0. The number of amides is 1. The molecule has 0 spiro atoms. The zero-order chi connectivity index (χ0) is 16.5. The van der Waals surface area contributed by atoms with Crippen LogP contribution in [0.25, 0.3) is 0 Å². The molecular weight excluding hydrogens is 290 g/mol. The molecule has 0 aliphatic rings. The van der Waals surface area contributed by atoms with E-state index in [1.165, 1.54) is 77.0 Å². The smallest absolute Gasteiger partial charge is 0.222 e. The van der Waals surface area contributed by atoms with Gasteiger partial charge in [0.25, 0.3) is 0 Å². The first kappa shape index (κ1) is 24.6. The number of rotatable bonds is 17. The van der Waals surface area contributed by atoms with Crippen molar-refractivity contribution in [2.45, 2.75) is 103 Å². The zero-order valence-electron chi connectivity index (χ0n) is 15.3. The summed E-state index contributed by atoms with van der Waals surface area (Å²) in [5, 5.41) is 9.00. The molecular formula is C19H41NO3. The van der Waals surface area contributed by atoms with E-state index >= 15 is 0 Å². The molecule has 1 atom stereocenters. The third kappa shape index (κ3) is 17.6. The molecule has 0 aliphatic heterocycles. The van der Waals surface area contributed by atoms with Crippen molar-refractivity contribution in [2.75, 3.05) is 6.61 Å². The van der Waals surface area contributed by atoms with Gasteiger partial charge >= 0.3 is 0 Å². The topological polar surface area (TPSA) is 94.8 Å². The van der Waals surface area contributed by atoms with Gasteiger partial charge in [0.05, 0.1) is 12.5 Å². The van der Waals surface area contributed by atoms with Gasteiger partial charge in [0, 0.05) is 0 Å². The number of primary amides is 1. The molecule has 0 aliphatic carbocycles. The molecule has 1 unspecified atom stereocenters. The van der Waals surface area contributed by atoms with E-state index in [-0.39, 0.29) is 23.9 Å². The number of aliphatic hydroxyl groups excluding tert-OH is 1. The van der Waals surface area contributed by atoms with Crippen molar-refractivity contribution in [3.63, 3.8) is 0 Å². The van der Waals surface area contributed by atoms with Crippen LogP contribution in [0.2, 0.25) is 0 Å². The molecule has 0 aromatic heterocycles. The molecule has 0 bridgehead atoms. The number of nitrogens with two attached hydrogens (primary N) is 1. The van der Waals surface area contributed by atoms with Crippen LogP contribution in [0.3, 0.4) is 0 Å². The predicted octanol–water partition coefficient (Wildman–Crippen LogP) is 4.13. The van der Waals surface area contributed by atoms with Crippen LogP contribution in [0.1, 0.15) is 103 Å². The Balaban J connectivity index is 0. The fourth-order valence-electron chi connectivity index (χ4n) is 2.91. The Morgan fingerprint density at radius 3 is 1.43 bits per heavy atom. The van der Waals surface area contributed by atoms with Crippen molar-refractivity contribution in [3.8, 4) is 0 Å². The van der Waals surface area contributed by atoms with Crippen LogP contribution in [-0.2, 0) is 4.79 Å². The Morgan fingerprint density at radius 2 is 1.13 bits per heavy atom. The highest BCUT2D eigenvalue weighted by molar-refractivity contribution is 5.76. The van der Waals surface area contributed by atoms with Crippen LogP contribution >= 0.6 is 0 Å². The predicted molar refractivity (Wildman–Crippen MR) is 98.3 cm³/mol. The second-order valence-electron chi connectivity index (χ2n) is 6.67. The Bertz CT molecular complexity index is 247. The van der Waals surface area contributed by atoms with Crippen molar-refractivity contribution in [3.05, 3.63) is 0 Å². The van der Waals surface area contributed by atoms with Crippen LogP contribution in [0.4, 0.5) is 0 Å². The quantitative estimate of drug-likeness (QED) is 0.392. The average molecular weight is 332 g/mol. The van der Waals surface area contributed by atoms with Gasteiger partial charge in [0.2, 0.25) is 5.91 Å². The third-order valence-electron chi connectivity index (χ3n) is 4.53. The minimum atomic E-state index is -0.364. The van der Waals surface area contributed by atoms with Crippen LogP contribution < -0.4 is 5.73 Å². The molecule has 23 heavy (non-hydrogen) atoms. The first-order valence-electron chi connectivity index (χ1n) is 9.62. The summed E-state index contributed by atoms with van der Waals surface area (Å²) >= 11 is 0. The minimum absolute atomic E-state index is 0. The van der Waals surface area contributed by atoms with E-state index in [4.69, 9.17) is 10.8 Å². The van der Waals surface area contributed by atoms with E-state index < -0.39 is 0 Å². The summed E-state index contributed by atoms with van der Waals surface area (Å²) in [5.74, 6) is -0.700. The molecule has 0 aromatic rings. The summed E-state index contributed by atoms with van der Waals surface area (Å²) in [5.41, 5.74) is 5.20. The van der Waals surface area contributed by atoms with Crippen molar-refractivity contribution in [2.24, 2.45) is 11.7 Å². The lowest BCUT2D eigenvalue weighted by molar-refractivity contribution is -0.123. The normalized spacial score (nSPS) is 11.9. The van der Waals surface area contributed by atoms with E-state index in [9.17, 15) is 4.79 Å². The number of carbonyl (C=O) groups is 1. The Hall–Kier alpha value is -0.610. The molecule has 0 saturated heterocycles. The zero-order valence-corrected chi connectivity index (χ0v) is 15.3. The summed E-state index contributed by atoms with van der Waals surface area (Å²) in [6.07, 6.45) is 19.4. The van der Waals surface area contributed by atoms with Gasteiger partial charge in [-0.1, -0.05) is 96.8 Å². The maximum Gasteiger partial charge on any atom is 0.222 e. The molecule has 0 radical (unpaired) electrons. The van der Waals surface area contributed by atoms with Crippen LogP contribution in [0, 0.1) is 5.92 Å². The van der Waals surface area contributed by atoms with Gasteiger partial charge in [-0.15, -0.1) is 0 Å². The summed E-state index contributed by atoms with van der Waals surface area (Å²) in [6.45, 7) is 2.16. The molecule has 5 N–H and O–H groups in total. The van der Waals surface area contributed by atoms with E-state index in [1.54, 1.807) is 0 Å². The monoisotopic (exact) mass is 331 g/mol. The van der Waals surface area contributed by atoms with Crippen molar-refractivity contribution < 1.29 is 15.4 Å². The van der Waals surface area contributed by atoms with Crippen LogP contribution in [0.5, 0.6) is 0 Å². The number of aliphatic hydroxyl groups is 1. The standard InChI is InChI=1S/C19H39NO2.H2O/c1-2-3-4-5-6-7-8-9-10-11-12-13-14-15-16-18(17-21)19(20)22;/h18,21H,2-17H2,1H3,(H2,20,22);1H2. The minimum Gasteiger partial charge on any atom is -0.412 e. The van der Waals surface area contributed by atoms with E-state index in [0.717, 1.165) is 19.3 Å². The lowest BCUT2D eigenvalue weighted by Crippen LogP contribution is -2.26. The van der Waals surface area contributed by atoms with Gasteiger partial charge in [-0.25, -0.2) is 0 Å². The summed E-state index contributed by atoms with van der Waals surface area (Å²) in [7, 11) is 0. The van der Waals surface area contributed by atoms with Crippen molar-refractivity contribution in [1.29, 1.82) is 0 Å². The summed E-state index contributed by atoms with van der Waals surface area (Å²) in [4.78, 5) is 11.0. The summed E-state index contributed by atoms with van der Waals surface area (Å²) < 4.78 is 0. The molecule has 4 nitrogen and oxygen atoms in total. The van der Waals surface area contributed by atoms with Gasteiger partial charge in [0.1, 0.15) is 0 Å². The molecule has 0 fully saturated rings. The highest BCUT2D eigenvalue weighted by Crippen LogP contribution is 2.14. The molecule has 1 amide bonds. The molecule has 0 aromatic carbocycles. The van der Waals surface area contributed by atoms with Gasteiger partial charge in [0.15, 0.2) is 0 Å². The Kier molecular flexibility index (Phi) is 20.8. The Labute approximate surface area is 143 Å². The first-order chi connectivity index (χ1) is 10.7. The second-order valence-corrected chi connectivity index (χ2v) is 6.67. The second kappa shape index (κ2) is 19.4. The maximum absolute atomic E-state index is 11.0. The largest absolute Gasteiger partial charge is 0.412 e. The lowest BCUT2D eigenvalue weighted by Gasteiger charge is -2.09.